The molecule has 0 aliphatic carbocycles. The van der Waals surface area contributed by atoms with E-state index < -0.39 is 0 Å². The van der Waals surface area contributed by atoms with Gasteiger partial charge in [-0.05, 0) is 49.1 Å². The largest absolute Gasteiger partial charge is 0.346 e. The molecule has 1 unspecified atom stereocenters. The number of amides is 1. The highest BCUT2D eigenvalue weighted by molar-refractivity contribution is 5.86. The van der Waals surface area contributed by atoms with Crippen molar-refractivity contribution in [1.82, 2.24) is 20.3 Å². The van der Waals surface area contributed by atoms with Crippen LogP contribution in [0.25, 0.3) is 21.9 Å². The number of carbonyl (C=O) groups excluding carboxylic acids is 1. The van der Waals surface area contributed by atoms with Gasteiger partial charge in [-0.1, -0.05) is 44.2 Å². The van der Waals surface area contributed by atoms with E-state index >= 15 is 0 Å². The van der Waals surface area contributed by atoms with Gasteiger partial charge in [0, 0.05) is 11.1 Å². The van der Waals surface area contributed by atoms with Crippen LogP contribution in [-0.4, -0.2) is 20.9 Å². The molecule has 5 heteroatoms. The summed E-state index contributed by atoms with van der Waals surface area (Å²) < 4.78 is 0. The van der Waals surface area contributed by atoms with Crippen molar-refractivity contribution in [3.05, 3.63) is 71.2 Å². The maximum absolute atomic E-state index is 13.0. The molecule has 2 N–H and O–H groups in total. The van der Waals surface area contributed by atoms with Crippen molar-refractivity contribution in [2.75, 3.05) is 0 Å². The van der Waals surface area contributed by atoms with Gasteiger partial charge in [0.1, 0.15) is 5.82 Å². The number of hydrogen-bond acceptors (Lipinski definition) is 3. The number of aromatic amines is 1. The average Bonchev–Trinajstić information content (AvgIpc) is 3.13. The van der Waals surface area contributed by atoms with Crippen LogP contribution in [0.4, 0.5) is 0 Å². The topological polar surface area (TPSA) is 70.7 Å². The normalized spacial score (nSPS) is 12.6. The van der Waals surface area contributed by atoms with Crippen LogP contribution >= 0.6 is 0 Å². The monoisotopic (exact) mass is 386 g/mol. The third-order valence-electron chi connectivity index (χ3n) is 5.51. The minimum Gasteiger partial charge on any atom is -0.346 e. The number of hydrogen-bond donors (Lipinski definition) is 2. The fraction of sp³-hybridized carbons (Fsp3) is 0.292. The van der Waals surface area contributed by atoms with Crippen LogP contribution in [0.3, 0.4) is 0 Å². The summed E-state index contributed by atoms with van der Waals surface area (Å²) in [7, 11) is 0. The molecule has 0 saturated heterocycles. The lowest BCUT2D eigenvalue weighted by atomic mass is 9.98. The number of nitrogens with one attached hydrogen (secondary N) is 2. The molecule has 148 valence electrons. The number of aromatic nitrogens is 3. The number of carbonyl (C=O) groups is 1. The molecular weight excluding hydrogens is 360 g/mol. The van der Waals surface area contributed by atoms with E-state index in [0.717, 1.165) is 44.6 Å². The highest BCUT2D eigenvalue weighted by Gasteiger charge is 2.23. The summed E-state index contributed by atoms with van der Waals surface area (Å²) in [5.41, 5.74) is 5.87. The first-order valence-electron chi connectivity index (χ1n) is 10.0. The molecule has 1 atom stereocenters. The number of benzene rings is 2. The molecule has 0 radical (unpaired) electrons. The van der Waals surface area contributed by atoms with Crippen LogP contribution in [-0.2, 0) is 11.2 Å². The second-order valence-electron chi connectivity index (χ2n) is 7.92. The van der Waals surface area contributed by atoms with Gasteiger partial charge in [-0.25, -0.2) is 4.98 Å². The van der Waals surface area contributed by atoms with E-state index in [-0.39, 0.29) is 17.9 Å². The van der Waals surface area contributed by atoms with E-state index in [2.05, 4.69) is 42.1 Å². The number of fused-ring (bicyclic) bond motifs is 2. The smallest absolute Gasteiger partial charge is 0.225 e. The van der Waals surface area contributed by atoms with Crippen molar-refractivity contribution in [1.29, 1.82) is 0 Å². The number of pyridine rings is 1. The number of rotatable bonds is 5. The van der Waals surface area contributed by atoms with Gasteiger partial charge in [0.15, 0.2) is 0 Å². The van der Waals surface area contributed by atoms with Gasteiger partial charge < -0.3 is 10.3 Å². The lowest BCUT2D eigenvalue weighted by molar-refractivity contribution is -0.121. The first kappa shape index (κ1) is 19.1. The Balaban J connectivity index is 1.60. The predicted octanol–water partition coefficient (Wildman–Crippen LogP) is 4.78. The molecule has 0 bridgehead atoms. The summed E-state index contributed by atoms with van der Waals surface area (Å²) in [6.07, 6.45) is 0.305. The molecule has 4 aromatic rings. The third kappa shape index (κ3) is 3.73. The molecule has 29 heavy (non-hydrogen) atoms. The molecule has 4 rings (SSSR count). The predicted molar refractivity (Wildman–Crippen MR) is 117 cm³/mol. The second-order valence-corrected chi connectivity index (χ2v) is 7.92. The summed E-state index contributed by atoms with van der Waals surface area (Å²) in [6, 6.07) is 15.8. The third-order valence-corrected chi connectivity index (χ3v) is 5.51. The number of imidazole rings is 1. The Hall–Kier alpha value is -3.21. The van der Waals surface area contributed by atoms with Gasteiger partial charge in [0.05, 0.1) is 29.0 Å². The van der Waals surface area contributed by atoms with Crippen LogP contribution in [0.5, 0.6) is 0 Å². The zero-order valence-electron chi connectivity index (χ0n) is 17.3. The van der Waals surface area contributed by atoms with Gasteiger partial charge in [-0.15, -0.1) is 0 Å². The number of H-pyrrole nitrogens is 1. The maximum atomic E-state index is 13.0. The molecule has 0 fully saturated rings. The number of aryl methyl sites for hydroxylation is 2. The van der Waals surface area contributed by atoms with E-state index in [1.807, 2.05) is 49.4 Å². The highest BCUT2D eigenvalue weighted by Crippen LogP contribution is 2.25. The van der Waals surface area contributed by atoms with Crippen LogP contribution < -0.4 is 5.32 Å². The molecule has 2 aromatic heterocycles. The summed E-state index contributed by atoms with van der Waals surface area (Å²) in [4.78, 5) is 25.7. The average molecular weight is 386 g/mol. The second kappa shape index (κ2) is 7.66. The molecular formula is C24H26N4O. The van der Waals surface area contributed by atoms with Crippen molar-refractivity contribution in [2.24, 2.45) is 5.92 Å². The number of para-hydroxylation sites is 3. The molecule has 0 saturated carbocycles. The van der Waals surface area contributed by atoms with Gasteiger partial charge >= 0.3 is 0 Å². The molecule has 0 spiro atoms. The van der Waals surface area contributed by atoms with E-state index in [1.165, 1.54) is 0 Å². The van der Waals surface area contributed by atoms with Crippen LogP contribution in [0.1, 0.15) is 42.5 Å². The number of nitrogens with zero attached hydrogens (tertiary/aromatic N) is 2. The van der Waals surface area contributed by atoms with Gasteiger partial charge in [-0.2, -0.15) is 0 Å². The van der Waals surface area contributed by atoms with E-state index in [0.29, 0.717) is 6.42 Å². The Morgan fingerprint density at radius 1 is 1.00 bits per heavy atom. The first-order valence-corrected chi connectivity index (χ1v) is 10.0. The van der Waals surface area contributed by atoms with Gasteiger partial charge in [-0.3, -0.25) is 9.78 Å². The Labute approximate surface area is 170 Å². The summed E-state index contributed by atoms with van der Waals surface area (Å²) in [5, 5.41) is 4.28. The summed E-state index contributed by atoms with van der Waals surface area (Å²) in [5.74, 6) is 0.975. The van der Waals surface area contributed by atoms with Crippen molar-refractivity contribution in [3.63, 3.8) is 0 Å². The van der Waals surface area contributed by atoms with Crippen molar-refractivity contribution < 1.29 is 4.79 Å². The zero-order valence-corrected chi connectivity index (χ0v) is 17.3. The minimum absolute atomic E-state index is 0.0209. The molecule has 2 aromatic carbocycles. The molecule has 0 aliphatic heterocycles. The van der Waals surface area contributed by atoms with Crippen LogP contribution in [0.15, 0.2) is 48.5 Å². The van der Waals surface area contributed by atoms with E-state index in [9.17, 15) is 4.79 Å². The SMILES string of the molecule is Cc1nc2ccccc2c(C)c1CC(=O)NC(c1nc2ccccc2[nH]1)C(C)C. The Kier molecular flexibility index (Phi) is 5.05. The van der Waals surface area contributed by atoms with E-state index in [4.69, 9.17) is 4.98 Å². The minimum atomic E-state index is -0.177. The lowest BCUT2D eigenvalue weighted by Crippen LogP contribution is -2.34. The molecule has 2 heterocycles. The lowest BCUT2D eigenvalue weighted by Gasteiger charge is -2.21. The van der Waals surface area contributed by atoms with Crippen molar-refractivity contribution in [3.8, 4) is 0 Å². The molecule has 5 nitrogen and oxygen atoms in total. The van der Waals surface area contributed by atoms with Crippen LogP contribution in [0.2, 0.25) is 0 Å². The standard InChI is InChI=1S/C24H26N4O/c1-14(2)23(24-26-20-11-7-8-12-21(20)27-24)28-22(29)13-18-15(3)17-9-5-6-10-19(17)25-16(18)4/h5-12,14,23H,13H2,1-4H3,(H,26,27)(H,28,29). The quantitative estimate of drug-likeness (QED) is 0.518. The van der Waals surface area contributed by atoms with Gasteiger partial charge in [0.25, 0.3) is 0 Å². The van der Waals surface area contributed by atoms with E-state index in [1.54, 1.807) is 0 Å². The summed E-state index contributed by atoms with van der Waals surface area (Å²) >= 11 is 0. The van der Waals surface area contributed by atoms with Crippen molar-refractivity contribution in [2.45, 2.75) is 40.2 Å². The van der Waals surface area contributed by atoms with Crippen molar-refractivity contribution >= 4 is 27.8 Å². The Bertz CT molecular complexity index is 1160. The highest BCUT2D eigenvalue weighted by atomic mass is 16.1. The zero-order chi connectivity index (χ0) is 20.5. The molecule has 0 aliphatic rings. The maximum Gasteiger partial charge on any atom is 0.225 e. The fourth-order valence-corrected chi connectivity index (χ4v) is 3.89. The van der Waals surface area contributed by atoms with Crippen LogP contribution in [0, 0.1) is 19.8 Å². The first-order chi connectivity index (χ1) is 13.9. The molecule has 1 amide bonds. The fourth-order valence-electron chi connectivity index (χ4n) is 3.89. The van der Waals surface area contributed by atoms with Gasteiger partial charge in [0.2, 0.25) is 5.91 Å². The Morgan fingerprint density at radius 2 is 1.69 bits per heavy atom. The Morgan fingerprint density at radius 3 is 2.41 bits per heavy atom. The summed E-state index contributed by atoms with van der Waals surface area (Å²) in [6.45, 7) is 8.22.